The topological polar surface area (TPSA) is 29.3 Å². The van der Waals surface area contributed by atoms with Crippen molar-refractivity contribution in [2.75, 3.05) is 18.5 Å². The maximum Gasteiger partial charge on any atom is 0.0428 e. The zero-order chi connectivity index (χ0) is 13.8. The SMILES string of the molecule is CCc1cccc(CC)c1N(C)CCC(C)(C)N. The number of hydrogen-bond acceptors (Lipinski definition) is 2. The molecule has 0 saturated carbocycles. The first-order chi connectivity index (χ1) is 8.39. The Kier molecular flexibility index (Phi) is 5.21. The van der Waals surface area contributed by atoms with Gasteiger partial charge in [-0.2, -0.15) is 0 Å². The highest BCUT2D eigenvalue weighted by molar-refractivity contribution is 5.59. The average molecular weight is 248 g/mol. The molecule has 0 saturated heterocycles. The third-order valence-corrected chi connectivity index (χ3v) is 3.44. The van der Waals surface area contributed by atoms with Crippen LogP contribution in [0.15, 0.2) is 18.2 Å². The van der Waals surface area contributed by atoms with Crippen LogP contribution >= 0.6 is 0 Å². The summed E-state index contributed by atoms with van der Waals surface area (Å²) in [6, 6.07) is 6.64. The molecule has 2 nitrogen and oxygen atoms in total. The molecule has 18 heavy (non-hydrogen) atoms. The molecular formula is C16H28N2. The van der Waals surface area contributed by atoms with E-state index in [1.807, 2.05) is 0 Å². The van der Waals surface area contributed by atoms with E-state index in [-0.39, 0.29) is 5.54 Å². The molecule has 1 aromatic carbocycles. The van der Waals surface area contributed by atoms with Gasteiger partial charge in [0.1, 0.15) is 0 Å². The lowest BCUT2D eigenvalue weighted by molar-refractivity contribution is 0.478. The van der Waals surface area contributed by atoms with E-state index in [9.17, 15) is 0 Å². The Bertz CT molecular complexity index is 355. The van der Waals surface area contributed by atoms with Gasteiger partial charge in [0.15, 0.2) is 0 Å². The Morgan fingerprint density at radius 3 is 2.00 bits per heavy atom. The molecule has 0 bridgehead atoms. The van der Waals surface area contributed by atoms with Crippen LogP contribution < -0.4 is 10.6 Å². The van der Waals surface area contributed by atoms with Gasteiger partial charge in [-0.3, -0.25) is 0 Å². The predicted molar refractivity (Wildman–Crippen MR) is 81.4 cm³/mol. The largest absolute Gasteiger partial charge is 0.374 e. The Labute approximate surface area is 112 Å². The standard InChI is InChI=1S/C16H28N2/c1-6-13-9-8-10-14(7-2)15(13)18(5)12-11-16(3,4)17/h8-10H,6-7,11-12,17H2,1-5H3. The predicted octanol–water partition coefficient (Wildman–Crippen LogP) is 3.38. The molecule has 0 radical (unpaired) electrons. The number of benzene rings is 1. The Balaban J connectivity index is 2.92. The Morgan fingerprint density at radius 2 is 1.61 bits per heavy atom. The van der Waals surface area contributed by atoms with Crippen LogP contribution in [0.4, 0.5) is 5.69 Å². The molecule has 0 spiro atoms. The summed E-state index contributed by atoms with van der Waals surface area (Å²) in [5, 5.41) is 0. The molecule has 0 aromatic heterocycles. The Hall–Kier alpha value is -1.02. The summed E-state index contributed by atoms with van der Waals surface area (Å²) in [4.78, 5) is 2.37. The fraction of sp³-hybridized carbons (Fsp3) is 0.625. The first-order valence-electron chi connectivity index (χ1n) is 6.99. The lowest BCUT2D eigenvalue weighted by Gasteiger charge is -2.28. The second-order valence-corrected chi connectivity index (χ2v) is 5.79. The van der Waals surface area contributed by atoms with Gasteiger partial charge >= 0.3 is 0 Å². The fourth-order valence-electron chi connectivity index (χ4n) is 2.27. The van der Waals surface area contributed by atoms with E-state index in [0.29, 0.717) is 0 Å². The van der Waals surface area contributed by atoms with Gasteiger partial charge in [-0.05, 0) is 44.2 Å². The molecule has 0 fully saturated rings. The molecule has 1 aromatic rings. The summed E-state index contributed by atoms with van der Waals surface area (Å²) in [6.07, 6.45) is 3.17. The van der Waals surface area contributed by atoms with Crippen molar-refractivity contribution >= 4 is 5.69 Å². The molecule has 1 rings (SSSR count). The van der Waals surface area contributed by atoms with Gasteiger partial charge in [-0.1, -0.05) is 32.0 Å². The van der Waals surface area contributed by atoms with Crippen molar-refractivity contribution in [3.05, 3.63) is 29.3 Å². The van der Waals surface area contributed by atoms with Crippen molar-refractivity contribution < 1.29 is 0 Å². The summed E-state index contributed by atoms with van der Waals surface area (Å²) >= 11 is 0. The smallest absolute Gasteiger partial charge is 0.0428 e. The van der Waals surface area contributed by atoms with Crippen LogP contribution in [-0.2, 0) is 12.8 Å². The van der Waals surface area contributed by atoms with Crippen LogP contribution in [0.5, 0.6) is 0 Å². The molecule has 0 aliphatic carbocycles. The van der Waals surface area contributed by atoms with E-state index in [4.69, 9.17) is 5.73 Å². The van der Waals surface area contributed by atoms with E-state index in [1.165, 1.54) is 16.8 Å². The maximum absolute atomic E-state index is 6.08. The van der Waals surface area contributed by atoms with Crippen molar-refractivity contribution in [3.8, 4) is 0 Å². The third kappa shape index (κ3) is 4.02. The maximum atomic E-state index is 6.08. The minimum atomic E-state index is -0.0954. The van der Waals surface area contributed by atoms with Gasteiger partial charge in [-0.25, -0.2) is 0 Å². The number of para-hydroxylation sites is 1. The second-order valence-electron chi connectivity index (χ2n) is 5.79. The highest BCUT2D eigenvalue weighted by Crippen LogP contribution is 2.26. The quantitative estimate of drug-likeness (QED) is 0.836. The number of anilines is 1. The number of nitrogens with zero attached hydrogens (tertiary/aromatic N) is 1. The molecule has 0 aliphatic rings. The van der Waals surface area contributed by atoms with Crippen molar-refractivity contribution in [2.24, 2.45) is 5.73 Å². The highest BCUT2D eigenvalue weighted by Gasteiger charge is 2.15. The first-order valence-corrected chi connectivity index (χ1v) is 6.99. The molecule has 0 unspecified atom stereocenters. The molecule has 0 amide bonds. The number of aryl methyl sites for hydroxylation is 2. The van der Waals surface area contributed by atoms with E-state index in [1.54, 1.807) is 0 Å². The lowest BCUT2D eigenvalue weighted by atomic mass is 9.99. The van der Waals surface area contributed by atoms with Crippen LogP contribution in [0, 0.1) is 0 Å². The minimum absolute atomic E-state index is 0.0954. The Morgan fingerprint density at radius 1 is 1.11 bits per heavy atom. The van der Waals surface area contributed by atoms with Crippen LogP contribution in [0.25, 0.3) is 0 Å². The fourth-order valence-corrected chi connectivity index (χ4v) is 2.27. The molecule has 102 valence electrons. The van der Waals surface area contributed by atoms with Gasteiger partial charge in [0, 0.05) is 24.8 Å². The molecule has 0 atom stereocenters. The van der Waals surface area contributed by atoms with Crippen molar-refractivity contribution in [1.82, 2.24) is 0 Å². The van der Waals surface area contributed by atoms with Gasteiger partial charge in [0.2, 0.25) is 0 Å². The molecule has 0 heterocycles. The van der Waals surface area contributed by atoms with E-state index >= 15 is 0 Å². The van der Waals surface area contributed by atoms with E-state index in [2.05, 4.69) is 57.8 Å². The van der Waals surface area contributed by atoms with Crippen molar-refractivity contribution in [2.45, 2.75) is 52.5 Å². The number of hydrogen-bond donors (Lipinski definition) is 1. The second kappa shape index (κ2) is 6.24. The summed E-state index contributed by atoms with van der Waals surface area (Å²) in [6.45, 7) is 9.63. The number of nitrogens with two attached hydrogens (primary N) is 1. The van der Waals surface area contributed by atoms with Crippen LogP contribution in [0.3, 0.4) is 0 Å². The summed E-state index contributed by atoms with van der Waals surface area (Å²) in [5.41, 5.74) is 10.3. The summed E-state index contributed by atoms with van der Waals surface area (Å²) in [7, 11) is 2.18. The number of rotatable bonds is 6. The van der Waals surface area contributed by atoms with Crippen molar-refractivity contribution in [1.29, 1.82) is 0 Å². The molecule has 2 heteroatoms. The lowest BCUT2D eigenvalue weighted by Crippen LogP contribution is -2.36. The molecular weight excluding hydrogens is 220 g/mol. The van der Waals surface area contributed by atoms with Gasteiger partial charge in [0.25, 0.3) is 0 Å². The first kappa shape index (κ1) is 15.0. The minimum Gasteiger partial charge on any atom is -0.374 e. The monoisotopic (exact) mass is 248 g/mol. The highest BCUT2D eigenvalue weighted by atomic mass is 15.1. The van der Waals surface area contributed by atoms with Crippen LogP contribution in [0.2, 0.25) is 0 Å². The normalized spacial score (nSPS) is 11.7. The summed E-state index contributed by atoms with van der Waals surface area (Å²) < 4.78 is 0. The van der Waals surface area contributed by atoms with E-state index in [0.717, 1.165) is 25.8 Å². The zero-order valence-corrected chi connectivity index (χ0v) is 12.6. The average Bonchev–Trinajstić information content (AvgIpc) is 2.33. The van der Waals surface area contributed by atoms with Gasteiger partial charge in [-0.15, -0.1) is 0 Å². The zero-order valence-electron chi connectivity index (χ0n) is 12.6. The van der Waals surface area contributed by atoms with E-state index < -0.39 is 0 Å². The van der Waals surface area contributed by atoms with Crippen LogP contribution in [0.1, 0.15) is 45.2 Å². The molecule has 2 N–H and O–H groups in total. The summed E-state index contributed by atoms with van der Waals surface area (Å²) in [5.74, 6) is 0. The molecule has 0 aliphatic heterocycles. The van der Waals surface area contributed by atoms with Crippen molar-refractivity contribution in [3.63, 3.8) is 0 Å². The van der Waals surface area contributed by atoms with Gasteiger partial charge in [0.05, 0.1) is 0 Å². The van der Waals surface area contributed by atoms with Crippen LogP contribution in [-0.4, -0.2) is 19.1 Å². The van der Waals surface area contributed by atoms with Gasteiger partial charge < -0.3 is 10.6 Å². The third-order valence-electron chi connectivity index (χ3n) is 3.44.